The molecule has 18 heavy (non-hydrogen) atoms. The molecular weight excluding hydrogens is 226 g/mol. The molecule has 0 amide bonds. The van der Waals surface area contributed by atoms with Gasteiger partial charge in [0.05, 0.1) is 0 Å². The van der Waals surface area contributed by atoms with Gasteiger partial charge < -0.3 is 10.3 Å². The summed E-state index contributed by atoms with van der Waals surface area (Å²) in [5.74, 6) is 7.80. The first-order valence-corrected chi connectivity index (χ1v) is 6.37. The Kier molecular flexibility index (Phi) is 4.51. The van der Waals surface area contributed by atoms with E-state index in [0.717, 1.165) is 18.1 Å². The third-order valence-electron chi connectivity index (χ3n) is 3.42. The normalized spacial score (nSPS) is 13.3. The van der Waals surface area contributed by atoms with E-state index in [1.165, 1.54) is 0 Å². The molecule has 0 saturated carbocycles. The van der Waals surface area contributed by atoms with E-state index in [0.29, 0.717) is 11.9 Å². The highest BCUT2D eigenvalue weighted by Crippen LogP contribution is 2.27. The molecule has 1 unspecified atom stereocenters. The predicted octanol–water partition coefficient (Wildman–Crippen LogP) is 2.20. The lowest BCUT2D eigenvalue weighted by molar-refractivity contribution is 0.328. The van der Waals surface area contributed by atoms with E-state index in [2.05, 4.69) is 55.0 Å². The van der Waals surface area contributed by atoms with Crippen LogP contribution in [0, 0.1) is 5.41 Å². The van der Waals surface area contributed by atoms with E-state index in [4.69, 9.17) is 5.84 Å². The summed E-state index contributed by atoms with van der Waals surface area (Å²) in [5, 5.41) is 0. The molecule has 5 heteroatoms. The van der Waals surface area contributed by atoms with Crippen molar-refractivity contribution in [3.63, 3.8) is 0 Å². The molecule has 1 rings (SSSR count). The number of hydrogen-bond donors (Lipinski definition) is 2. The van der Waals surface area contributed by atoms with Gasteiger partial charge in [-0.25, -0.2) is 15.8 Å². The minimum Gasteiger partial charge on any atom is -0.356 e. The maximum Gasteiger partial charge on any atom is 0.145 e. The maximum atomic E-state index is 5.45. The molecule has 102 valence electrons. The van der Waals surface area contributed by atoms with Crippen LogP contribution in [0.2, 0.25) is 0 Å². The average molecular weight is 251 g/mol. The Bertz CT molecular complexity index is 375. The van der Waals surface area contributed by atoms with Crippen molar-refractivity contribution in [3.8, 4) is 0 Å². The van der Waals surface area contributed by atoms with Crippen LogP contribution >= 0.6 is 0 Å². The molecule has 1 heterocycles. The quantitative estimate of drug-likeness (QED) is 0.634. The molecule has 0 saturated heterocycles. The number of aromatic nitrogens is 2. The molecule has 1 aromatic rings. The average Bonchev–Trinajstić information content (AvgIpc) is 2.35. The molecule has 1 atom stereocenters. The van der Waals surface area contributed by atoms with Crippen molar-refractivity contribution in [3.05, 3.63) is 11.9 Å². The molecule has 0 aliphatic rings. The Morgan fingerprint density at radius 2 is 2.00 bits per heavy atom. The molecule has 5 nitrogen and oxygen atoms in total. The van der Waals surface area contributed by atoms with Gasteiger partial charge in [-0.3, -0.25) is 0 Å². The highest BCUT2D eigenvalue weighted by atomic mass is 15.3. The Labute approximate surface area is 110 Å². The van der Waals surface area contributed by atoms with Gasteiger partial charge in [0.2, 0.25) is 0 Å². The number of hydrazine groups is 1. The molecule has 0 aliphatic carbocycles. The van der Waals surface area contributed by atoms with Gasteiger partial charge in [0.15, 0.2) is 0 Å². The predicted molar refractivity (Wildman–Crippen MR) is 76.5 cm³/mol. The monoisotopic (exact) mass is 251 g/mol. The first-order valence-electron chi connectivity index (χ1n) is 6.37. The minimum atomic E-state index is 0.183. The van der Waals surface area contributed by atoms with E-state index >= 15 is 0 Å². The van der Waals surface area contributed by atoms with Crippen LogP contribution in [0.5, 0.6) is 0 Å². The molecule has 0 aromatic carbocycles. The van der Waals surface area contributed by atoms with Gasteiger partial charge in [-0.15, -0.1) is 0 Å². The van der Waals surface area contributed by atoms with Crippen molar-refractivity contribution in [2.24, 2.45) is 11.3 Å². The van der Waals surface area contributed by atoms with E-state index in [1.54, 1.807) is 0 Å². The smallest absolute Gasteiger partial charge is 0.145 e. The van der Waals surface area contributed by atoms with Crippen molar-refractivity contribution in [1.29, 1.82) is 0 Å². The fourth-order valence-electron chi connectivity index (χ4n) is 1.68. The van der Waals surface area contributed by atoms with Crippen LogP contribution in [0.4, 0.5) is 11.6 Å². The molecular formula is C13H25N5. The number of anilines is 2. The van der Waals surface area contributed by atoms with Crippen molar-refractivity contribution in [1.82, 2.24) is 9.97 Å². The van der Waals surface area contributed by atoms with Gasteiger partial charge in [0, 0.05) is 25.6 Å². The summed E-state index contributed by atoms with van der Waals surface area (Å²) in [7, 11) is 2.05. The van der Waals surface area contributed by atoms with Gasteiger partial charge in [-0.05, 0) is 12.3 Å². The fraction of sp³-hybridized carbons (Fsp3) is 0.692. The summed E-state index contributed by atoms with van der Waals surface area (Å²) in [6, 6.07) is 2.24. The lowest BCUT2D eigenvalue weighted by Gasteiger charge is -2.36. The number of nitrogens with zero attached hydrogens (tertiary/aromatic N) is 3. The number of hydrogen-bond acceptors (Lipinski definition) is 5. The van der Waals surface area contributed by atoms with E-state index < -0.39 is 0 Å². The van der Waals surface area contributed by atoms with Crippen LogP contribution in [0.3, 0.4) is 0 Å². The van der Waals surface area contributed by atoms with Crippen molar-refractivity contribution in [2.45, 2.75) is 47.1 Å². The van der Waals surface area contributed by atoms with Crippen LogP contribution in [-0.4, -0.2) is 23.1 Å². The number of nitrogens with one attached hydrogen (secondary N) is 1. The van der Waals surface area contributed by atoms with E-state index in [9.17, 15) is 0 Å². The third kappa shape index (κ3) is 3.32. The zero-order chi connectivity index (χ0) is 13.9. The van der Waals surface area contributed by atoms with Crippen LogP contribution in [0.25, 0.3) is 0 Å². The standard InChI is InChI=1S/C13H25N5/c1-7-10-15-11(17-14)8-12(16-10)18(6)9(2)13(3,4)5/h8-9H,7,14H2,1-6H3,(H,15,16,17). The van der Waals surface area contributed by atoms with Crippen LogP contribution in [-0.2, 0) is 6.42 Å². The van der Waals surface area contributed by atoms with Crippen molar-refractivity contribution in [2.75, 3.05) is 17.4 Å². The van der Waals surface area contributed by atoms with Gasteiger partial charge in [0.25, 0.3) is 0 Å². The zero-order valence-corrected chi connectivity index (χ0v) is 12.3. The number of rotatable bonds is 4. The van der Waals surface area contributed by atoms with Gasteiger partial charge in [0.1, 0.15) is 17.5 Å². The Balaban J connectivity index is 3.08. The van der Waals surface area contributed by atoms with Gasteiger partial charge in [-0.2, -0.15) is 0 Å². The summed E-state index contributed by atoms with van der Waals surface area (Å²) in [5.41, 5.74) is 2.78. The fourth-order valence-corrected chi connectivity index (χ4v) is 1.68. The first kappa shape index (κ1) is 14.7. The molecule has 3 N–H and O–H groups in total. The molecule has 0 radical (unpaired) electrons. The van der Waals surface area contributed by atoms with E-state index in [1.807, 2.05) is 13.0 Å². The van der Waals surface area contributed by atoms with Crippen molar-refractivity contribution >= 4 is 11.6 Å². The van der Waals surface area contributed by atoms with Crippen molar-refractivity contribution < 1.29 is 0 Å². The molecule has 0 aliphatic heterocycles. The molecule has 0 bridgehead atoms. The Hall–Kier alpha value is -1.36. The number of nitrogens with two attached hydrogens (primary N) is 1. The number of aryl methyl sites for hydroxylation is 1. The van der Waals surface area contributed by atoms with E-state index in [-0.39, 0.29) is 5.41 Å². The highest BCUT2D eigenvalue weighted by Gasteiger charge is 2.25. The topological polar surface area (TPSA) is 67.1 Å². The summed E-state index contributed by atoms with van der Waals surface area (Å²) < 4.78 is 0. The van der Waals surface area contributed by atoms with Gasteiger partial charge >= 0.3 is 0 Å². The lowest BCUT2D eigenvalue weighted by Crippen LogP contribution is -2.40. The summed E-state index contributed by atoms with van der Waals surface area (Å²) in [4.78, 5) is 11.0. The van der Waals surface area contributed by atoms with Crippen LogP contribution in [0.15, 0.2) is 6.07 Å². The zero-order valence-electron chi connectivity index (χ0n) is 12.3. The largest absolute Gasteiger partial charge is 0.356 e. The third-order valence-corrected chi connectivity index (χ3v) is 3.42. The first-order chi connectivity index (χ1) is 8.29. The van der Waals surface area contributed by atoms with Gasteiger partial charge in [-0.1, -0.05) is 27.7 Å². The SMILES string of the molecule is CCc1nc(NN)cc(N(C)C(C)C(C)(C)C)n1. The second-order valence-corrected chi connectivity index (χ2v) is 5.68. The second kappa shape index (κ2) is 5.52. The summed E-state index contributed by atoms with van der Waals surface area (Å²) >= 11 is 0. The second-order valence-electron chi connectivity index (χ2n) is 5.68. The maximum absolute atomic E-state index is 5.45. The Morgan fingerprint density at radius 3 is 2.44 bits per heavy atom. The Morgan fingerprint density at radius 1 is 1.39 bits per heavy atom. The molecule has 1 aromatic heterocycles. The summed E-state index contributed by atoms with van der Waals surface area (Å²) in [6.45, 7) is 10.9. The lowest BCUT2D eigenvalue weighted by atomic mass is 9.87. The molecule has 0 fully saturated rings. The molecule has 0 spiro atoms. The summed E-state index contributed by atoms with van der Waals surface area (Å²) in [6.07, 6.45) is 0.792. The van der Waals surface area contributed by atoms with Crippen LogP contribution in [0.1, 0.15) is 40.4 Å². The highest BCUT2D eigenvalue weighted by molar-refractivity contribution is 5.49. The van der Waals surface area contributed by atoms with Crippen LogP contribution < -0.4 is 16.2 Å². The number of nitrogen functional groups attached to an aromatic ring is 1. The minimum absolute atomic E-state index is 0.183.